The maximum Gasteiger partial charge on any atom is 0.239 e. The van der Waals surface area contributed by atoms with Gasteiger partial charge in [0.05, 0.1) is 13.2 Å². The largest absolute Gasteiger partial charge is 0.378 e. The van der Waals surface area contributed by atoms with Gasteiger partial charge in [-0.15, -0.1) is 24.8 Å². The van der Waals surface area contributed by atoms with E-state index in [-0.39, 0.29) is 36.8 Å². The van der Waals surface area contributed by atoms with Crippen LogP contribution in [0.5, 0.6) is 0 Å². The number of piperidine rings is 1. The molecule has 0 spiro atoms. The van der Waals surface area contributed by atoms with E-state index < -0.39 is 0 Å². The molecule has 2 saturated heterocycles. The predicted molar refractivity (Wildman–Crippen MR) is 94.3 cm³/mol. The summed E-state index contributed by atoms with van der Waals surface area (Å²) in [6.07, 6.45) is 7.67. The molecule has 0 aromatic carbocycles. The van der Waals surface area contributed by atoms with Crippen molar-refractivity contribution in [3.05, 3.63) is 0 Å². The number of carbonyl (C=O) groups excluding carboxylic acids is 1. The van der Waals surface area contributed by atoms with Crippen LogP contribution in [0, 0.1) is 0 Å². The zero-order valence-corrected chi connectivity index (χ0v) is 15.0. The van der Waals surface area contributed by atoms with E-state index in [4.69, 9.17) is 4.74 Å². The van der Waals surface area contributed by atoms with Gasteiger partial charge in [0.2, 0.25) is 5.91 Å². The van der Waals surface area contributed by atoms with Gasteiger partial charge in [0, 0.05) is 13.1 Å². The van der Waals surface area contributed by atoms with Crippen LogP contribution in [0.3, 0.4) is 0 Å². The Bertz CT molecular complexity index is 284. The molecular weight excluding hydrogens is 325 g/mol. The van der Waals surface area contributed by atoms with Crippen LogP contribution in [-0.2, 0) is 9.53 Å². The van der Waals surface area contributed by atoms with Gasteiger partial charge in [-0.3, -0.25) is 4.79 Å². The Morgan fingerprint density at radius 3 is 2.59 bits per heavy atom. The Labute approximate surface area is 146 Å². The van der Waals surface area contributed by atoms with Crippen LogP contribution >= 0.6 is 24.8 Å². The third-order valence-corrected chi connectivity index (χ3v) is 4.14. The number of ether oxygens (including phenoxy) is 1. The molecule has 1 unspecified atom stereocenters. The van der Waals surface area contributed by atoms with E-state index in [1.54, 1.807) is 0 Å². The summed E-state index contributed by atoms with van der Waals surface area (Å²) in [5.74, 6) is 0.0840. The summed E-state index contributed by atoms with van der Waals surface area (Å²) in [5.41, 5.74) is 0. The highest BCUT2D eigenvalue weighted by atomic mass is 35.5. The third-order valence-electron chi connectivity index (χ3n) is 4.14. The van der Waals surface area contributed by atoms with E-state index in [2.05, 4.69) is 15.5 Å². The molecule has 1 atom stereocenters. The minimum Gasteiger partial charge on any atom is -0.378 e. The van der Waals surface area contributed by atoms with Crippen LogP contribution in [0.2, 0.25) is 0 Å². The molecule has 0 saturated carbocycles. The van der Waals surface area contributed by atoms with E-state index >= 15 is 0 Å². The van der Waals surface area contributed by atoms with Crippen molar-refractivity contribution in [2.75, 3.05) is 45.9 Å². The number of nitrogens with one attached hydrogen (secondary N) is 2. The molecule has 0 aromatic rings. The molecular formula is C15H31Cl2N3O2. The zero-order chi connectivity index (χ0) is 14.0. The maximum absolute atomic E-state index is 11.8. The highest BCUT2D eigenvalue weighted by Crippen LogP contribution is 2.09. The quantitative estimate of drug-likeness (QED) is 0.681. The van der Waals surface area contributed by atoms with E-state index in [0.29, 0.717) is 13.2 Å². The number of hydrogen-bond donors (Lipinski definition) is 2. The van der Waals surface area contributed by atoms with Crippen molar-refractivity contribution in [2.24, 2.45) is 0 Å². The molecule has 0 aromatic heterocycles. The van der Waals surface area contributed by atoms with Gasteiger partial charge in [-0.2, -0.15) is 0 Å². The summed E-state index contributed by atoms with van der Waals surface area (Å²) in [4.78, 5) is 14.4. The average Bonchev–Trinajstić information content (AvgIpc) is 2.52. The van der Waals surface area contributed by atoms with Gasteiger partial charge < -0.3 is 20.3 Å². The third kappa shape index (κ3) is 8.53. The molecule has 1 amide bonds. The van der Waals surface area contributed by atoms with Crippen molar-refractivity contribution >= 4 is 30.7 Å². The van der Waals surface area contributed by atoms with E-state index in [1.807, 2.05) is 0 Å². The van der Waals surface area contributed by atoms with Gasteiger partial charge in [0.1, 0.15) is 6.04 Å². The SMILES string of the molecule is Cl.Cl.O=C(NCCCCCN1CCCCC1)C1COCCN1. The van der Waals surface area contributed by atoms with Crippen LogP contribution in [-0.4, -0.2) is 62.8 Å². The number of nitrogens with zero attached hydrogens (tertiary/aromatic N) is 1. The minimum absolute atomic E-state index is 0. The normalized spacial score (nSPS) is 22.3. The second kappa shape index (κ2) is 13.4. The molecule has 2 aliphatic rings. The first-order chi connectivity index (χ1) is 9.86. The lowest BCUT2D eigenvalue weighted by Gasteiger charge is -2.26. The molecule has 2 heterocycles. The number of morpholine rings is 1. The summed E-state index contributed by atoms with van der Waals surface area (Å²) in [5, 5.41) is 6.17. The van der Waals surface area contributed by atoms with E-state index in [1.165, 1.54) is 51.7 Å². The Morgan fingerprint density at radius 2 is 1.91 bits per heavy atom. The smallest absolute Gasteiger partial charge is 0.239 e. The summed E-state index contributed by atoms with van der Waals surface area (Å²) in [6.45, 7) is 6.56. The number of hydrogen-bond acceptors (Lipinski definition) is 4. The first-order valence-corrected chi connectivity index (χ1v) is 8.17. The van der Waals surface area contributed by atoms with Gasteiger partial charge in [-0.1, -0.05) is 12.8 Å². The van der Waals surface area contributed by atoms with Crippen molar-refractivity contribution in [3.8, 4) is 0 Å². The Hall–Kier alpha value is -0.0700. The summed E-state index contributed by atoms with van der Waals surface area (Å²) in [6, 6.07) is -0.155. The highest BCUT2D eigenvalue weighted by molar-refractivity contribution is 5.85. The van der Waals surface area contributed by atoms with Crippen molar-refractivity contribution in [3.63, 3.8) is 0 Å². The Morgan fingerprint density at radius 1 is 1.14 bits per heavy atom. The summed E-state index contributed by atoms with van der Waals surface area (Å²) in [7, 11) is 0. The Kier molecular flexibility index (Phi) is 13.3. The molecule has 5 nitrogen and oxygen atoms in total. The van der Waals surface area contributed by atoms with Crippen LogP contribution in [0.25, 0.3) is 0 Å². The summed E-state index contributed by atoms with van der Waals surface area (Å²) < 4.78 is 5.29. The van der Waals surface area contributed by atoms with Gasteiger partial charge in [-0.25, -0.2) is 0 Å². The molecule has 0 aliphatic carbocycles. The lowest BCUT2D eigenvalue weighted by Crippen LogP contribution is -2.51. The summed E-state index contributed by atoms with van der Waals surface area (Å²) >= 11 is 0. The number of halogens is 2. The number of unbranched alkanes of at least 4 members (excludes halogenated alkanes) is 2. The fraction of sp³-hybridized carbons (Fsp3) is 0.933. The van der Waals surface area contributed by atoms with Crippen LogP contribution in [0.15, 0.2) is 0 Å². The maximum atomic E-state index is 11.8. The average molecular weight is 356 g/mol. The molecule has 0 radical (unpaired) electrons. The lowest BCUT2D eigenvalue weighted by atomic mass is 10.1. The topological polar surface area (TPSA) is 53.6 Å². The zero-order valence-electron chi connectivity index (χ0n) is 13.3. The molecule has 7 heteroatoms. The van der Waals surface area contributed by atoms with Crippen molar-refractivity contribution in [1.29, 1.82) is 0 Å². The second-order valence-electron chi connectivity index (χ2n) is 5.84. The first kappa shape index (κ1) is 21.9. The molecule has 2 rings (SSSR count). The first-order valence-electron chi connectivity index (χ1n) is 8.17. The van der Waals surface area contributed by atoms with Gasteiger partial charge in [0.15, 0.2) is 0 Å². The van der Waals surface area contributed by atoms with Gasteiger partial charge in [0.25, 0.3) is 0 Å². The minimum atomic E-state index is -0.155. The molecule has 2 N–H and O–H groups in total. The van der Waals surface area contributed by atoms with Gasteiger partial charge >= 0.3 is 0 Å². The van der Waals surface area contributed by atoms with Crippen LogP contribution in [0.1, 0.15) is 38.5 Å². The van der Waals surface area contributed by atoms with Crippen LogP contribution < -0.4 is 10.6 Å². The second-order valence-corrected chi connectivity index (χ2v) is 5.84. The van der Waals surface area contributed by atoms with Crippen LogP contribution in [0.4, 0.5) is 0 Å². The highest BCUT2D eigenvalue weighted by Gasteiger charge is 2.20. The number of rotatable bonds is 7. The fourth-order valence-electron chi connectivity index (χ4n) is 2.89. The molecule has 22 heavy (non-hydrogen) atoms. The number of likely N-dealkylation sites (tertiary alicyclic amines) is 1. The molecule has 0 bridgehead atoms. The van der Waals surface area contributed by atoms with Crippen molar-refractivity contribution < 1.29 is 9.53 Å². The number of amides is 1. The molecule has 2 aliphatic heterocycles. The standard InChI is InChI=1S/C15H29N3O2.2ClH/c19-15(14-13-20-12-8-16-14)17-7-3-1-4-9-18-10-5-2-6-11-18;;/h14,16H,1-13H2,(H,17,19);2*1H. The fourth-order valence-corrected chi connectivity index (χ4v) is 2.89. The molecule has 132 valence electrons. The van der Waals surface area contributed by atoms with E-state index in [9.17, 15) is 4.79 Å². The van der Waals surface area contributed by atoms with Gasteiger partial charge in [-0.05, 0) is 45.3 Å². The number of carbonyl (C=O) groups is 1. The Balaban J connectivity index is 0.00000220. The lowest BCUT2D eigenvalue weighted by molar-refractivity contribution is -0.125. The predicted octanol–water partition coefficient (Wildman–Crippen LogP) is 1.59. The van der Waals surface area contributed by atoms with E-state index in [0.717, 1.165) is 19.5 Å². The monoisotopic (exact) mass is 355 g/mol. The van der Waals surface area contributed by atoms with Crippen molar-refractivity contribution in [1.82, 2.24) is 15.5 Å². The van der Waals surface area contributed by atoms with Crippen molar-refractivity contribution in [2.45, 2.75) is 44.6 Å². The molecule has 2 fully saturated rings.